The Morgan fingerprint density at radius 1 is 0.871 bits per heavy atom. The van der Waals surface area contributed by atoms with Crippen LogP contribution in [0.2, 0.25) is 0 Å². The molecule has 4 nitrogen and oxygen atoms in total. The molecule has 3 aromatic carbocycles. The molecule has 0 saturated heterocycles. The zero-order valence-corrected chi connectivity index (χ0v) is 17.8. The fourth-order valence-corrected chi connectivity index (χ4v) is 3.31. The minimum Gasteiger partial charge on any atom is -0.460 e. The van der Waals surface area contributed by atoms with Crippen molar-refractivity contribution >= 4 is 12.0 Å². The van der Waals surface area contributed by atoms with Gasteiger partial charge in [-0.15, -0.1) is 0 Å². The van der Waals surface area contributed by atoms with Crippen molar-refractivity contribution < 1.29 is 14.6 Å². The van der Waals surface area contributed by atoms with Gasteiger partial charge < -0.3 is 9.84 Å². The minimum atomic E-state index is -0.804. The molecular formula is C27H29NO3. The number of esters is 1. The molecule has 0 radical (unpaired) electrons. The van der Waals surface area contributed by atoms with Crippen LogP contribution in [0.1, 0.15) is 23.6 Å². The van der Waals surface area contributed by atoms with Crippen LogP contribution in [-0.2, 0) is 22.6 Å². The first-order valence-corrected chi connectivity index (χ1v) is 10.5. The summed E-state index contributed by atoms with van der Waals surface area (Å²) in [5, 5.41) is 10.7. The number of rotatable bonds is 10. The highest BCUT2D eigenvalue weighted by molar-refractivity contribution is 5.87. The molecule has 0 unspecified atom stereocenters. The SMILES string of the molecule is C[C@@H]([C@@H](O)COC(=O)/C=C/c1ccccc1)N(Cc1ccccc1)Cc1ccccc1. The van der Waals surface area contributed by atoms with Crippen LogP contribution >= 0.6 is 0 Å². The summed E-state index contributed by atoms with van der Waals surface area (Å²) in [6.45, 7) is 3.29. The first-order chi connectivity index (χ1) is 15.1. The van der Waals surface area contributed by atoms with Crippen LogP contribution in [0.25, 0.3) is 6.08 Å². The van der Waals surface area contributed by atoms with Crippen molar-refractivity contribution in [2.45, 2.75) is 32.2 Å². The summed E-state index contributed by atoms with van der Waals surface area (Å²) in [7, 11) is 0. The first-order valence-electron chi connectivity index (χ1n) is 10.5. The van der Waals surface area contributed by atoms with Gasteiger partial charge in [-0.1, -0.05) is 91.0 Å². The molecule has 0 fully saturated rings. The number of carbonyl (C=O) groups is 1. The highest BCUT2D eigenvalue weighted by atomic mass is 16.5. The zero-order valence-electron chi connectivity index (χ0n) is 17.8. The van der Waals surface area contributed by atoms with Gasteiger partial charge in [-0.25, -0.2) is 4.79 Å². The molecule has 3 aromatic rings. The van der Waals surface area contributed by atoms with Crippen molar-refractivity contribution in [1.82, 2.24) is 4.90 Å². The third kappa shape index (κ3) is 7.52. The number of nitrogens with zero attached hydrogens (tertiary/aromatic N) is 1. The van der Waals surface area contributed by atoms with E-state index in [0.29, 0.717) is 13.1 Å². The lowest BCUT2D eigenvalue weighted by Gasteiger charge is -2.32. The smallest absolute Gasteiger partial charge is 0.330 e. The Hall–Kier alpha value is -3.21. The molecule has 1 N–H and O–H groups in total. The van der Waals surface area contributed by atoms with Crippen molar-refractivity contribution in [3.8, 4) is 0 Å². The van der Waals surface area contributed by atoms with E-state index < -0.39 is 12.1 Å². The number of carbonyl (C=O) groups excluding carboxylic acids is 1. The third-order valence-electron chi connectivity index (χ3n) is 5.20. The Labute approximate surface area is 184 Å². The predicted octanol–water partition coefficient (Wildman–Crippen LogP) is 4.69. The second-order valence-electron chi connectivity index (χ2n) is 7.56. The molecule has 0 aromatic heterocycles. The normalized spacial score (nSPS) is 13.3. The Morgan fingerprint density at radius 3 is 1.87 bits per heavy atom. The van der Waals surface area contributed by atoms with E-state index in [1.54, 1.807) is 6.08 Å². The molecule has 3 rings (SSSR count). The monoisotopic (exact) mass is 415 g/mol. The van der Waals surface area contributed by atoms with Gasteiger partial charge in [-0.3, -0.25) is 4.90 Å². The topological polar surface area (TPSA) is 49.8 Å². The molecule has 0 bridgehead atoms. The maximum atomic E-state index is 12.1. The summed E-state index contributed by atoms with van der Waals surface area (Å²) in [6, 6.07) is 29.7. The molecule has 0 saturated carbocycles. The van der Waals surface area contributed by atoms with E-state index >= 15 is 0 Å². The summed E-state index contributed by atoms with van der Waals surface area (Å²) >= 11 is 0. The number of ether oxygens (including phenoxy) is 1. The number of aliphatic hydroxyl groups excluding tert-OH is 1. The van der Waals surface area contributed by atoms with Crippen LogP contribution in [0, 0.1) is 0 Å². The molecule has 0 aliphatic rings. The maximum Gasteiger partial charge on any atom is 0.330 e. The van der Waals surface area contributed by atoms with E-state index in [-0.39, 0.29) is 12.6 Å². The summed E-state index contributed by atoms with van der Waals surface area (Å²) in [6.07, 6.45) is 2.29. The second-order valence-corrected chi connectivity index (χ2v) is 7.56. The second kappa shape index (κ2) is 11.8. The van der Waals surface area contributed by atoms with Gasteiger partial charge in [-0.05, 0) is 29.7 Å². The van der Waals surface area contributed by atoms with Crippen molar-refractivity contribution in [2.24, 2.45) is 0 Å². The van der Waals surface area contributed by atoms with E-state index in [2.05, 4.69) is 29.2 Å². The minimum absolute atomic E-state index is 0.0563. The third-order valence-corrected chi connectivity index (χ3v) is 5.20. The van der Waals surface area contributed by atoms with E-state index in [1.807, 2.05) is 73.7 Å². The number of hydrogen-bond donors (Lipinski definition) is 1. The van der Waals surface area contributed by atoms with E-state index in [4.69, 9.17) is 4.74 Å². The molecule has 0 aliphatic heterocycles. The lowest BCUT2D eigenvalue weighted by Crippen LogP contribution is -2.43. The van der Waals surface area contributed by atoms with E-state index in [1.165, 1.54) is 17.2 Å². The summed E-state index contributed by atoms with van der Waals surface area (Å²) in [5.41, 5.74) is 3.26. The van der Waals surface area contributed by atoms with E-state index in [9.17, 15) is 9.90 Å². The first kappa shape index (κ1) is 22.5. The summed E-state index contributed by atoms with van der Waals surface area (Å²) in [4.78, 5) is 14.3. The van der Waals surface area contributed by atoms with Gasteiger partial charge in [-0.2, -0.15) is 0 Å². The molecule has 2 atom stereocenters. The van der Waals surface area contributed by atoms with Crippen LogP contribution in [-0.4, -0.2) is 34.7 Å². The van der Waals surface area contributed by atoms with Gasteiger partial charge >= 0.3 is 5.97 Å². The Kier molecular flexibility index (Phi) is 8.59. The van der Waals surface area contributed by atoms with Gasteiger partial charge in [0.15, 0.2) is 0 Å². The fourth-order valence-electron chi connectivity index (χ4n) is 3.31. The quantitative estimate of drug-likeness (QED) is 0.385. The van der Waals surface area contributed by atoms with Crippen LogP contribution in [0.15, 0.2) is 97.1 Å². The standard InChI is InChI=1S/C27H29NO3/c1-22(26(29)21-31-27(30)18-17-23-11-5-2-6-12-23)28(19-24-13-7-3-8-14-24)20-25-15-9-4-10-16-25/h2-18,22,26,29H,19-21H2,1H3/b18-17+/t22-,26-/m0/s1. The summed E-state index contributed by atoms with van der Waals surface area (Å²) in [5.74, 6) is -0.465. The average molecular weight is 416 g/mol. The van der Waals surface area contributed by atoms with Gasteiger partial charge in [0.1, 0.15) is 12.7 Å². The average Bonchev–Trinajstić information content (AvgIpc) is 2.82. The van der Waals surface area contributed by atoms with Crippen LogP contribution in [0.3, 0.4) is 0 Å². The molecule has 0 heterocycles. The molecule has 160 valence electrons. The summed E-state index contributed by atoms with van der Waals surface area (Å²) < 4.78 is 5.29. The predicted molar refractivity (Wildman–Crippen MR) is 124 cm³/mol. The van der Waals surface area contributed by atoms with Crippen molar-refractivity contribution in [3.63, 3.8) is 0 Å². The molecular weight excluding hydrogens is 386 g/mol. The Morgan fingerprint density at radius 2 is 1.35 bits per heavy atom. The zero-order chi connectivity index (χ0) is 21.9. The molecule has 0 aliphatic carbocycles. The Bertz CT molecular complexity index is 900. The molecule has 0 amide bonds. The maximum absolute atomic E-state index is 12.1. The van der Waals surface area contributed by atoms with Crippen molar-refractivity contribution in [2.75, 3.05) is 6.61 Å². The van der Waals surface area contributed by atoms with Crippen LogP contribution in [0.5, 0.6) is 0 Å². The van der Waals surface area contributed by atoms with Crippen LogP contribution < -0.4 is 0 Å². The molecule has 0 spiro atoms. The number of aliphatic hydroxyl groups is 1. The van der Waals surface area contributed by atoms with E-state index in [0.717, 1.165) is 5.56 Å². The highest BCUT2D eigenvalue weighted by Gasteiger charge is 2.23. The number of hydrogen-bond acceptors (Lipinski definition) is 4. The van der Waals surface area contributed by atoms with Crippen molar-refractivity contribution in [3.05, 3.63) is 114 Å². The lowest BCUT2D eigenvalue weighted by molar-refractivity contribution is -0.142. The molecule has 4 heteroatoms. The van der Waals surface area contributed by atoms with Gasteiger partial charge in [0.2, 0.25) is 0 Å². The van der Waals surface area contributed by atoms with Gasteiger partial charge in [0.05, 0.1) is 0 Å². The van der Waals surface area contributed by atoms with Gasteiger partial charge in [0.25, 0.3) is 0 Å². The van der Waals surface area contributed by atoms with Crippen molar-refractivity contribution in [1.29, 1.82) is 0 Å². The van der Waals surface area contributed by atoms with Crippen LogP contribution in [0.4, 0.5) is 0 Å². The lowest BCUT2D eigenvalue weighted by atomic mass is 10.1. The number of benzene rings is 3. The largest absolute Gasteiger partial charge is 0.460 e. The fraction of sp³-hybridized carbons (Fsp3) is 0.222. The van der Waals surface area contributed by atoms with Gasteiger partial charge in [0, 0.05) is 25.2 Å². The highest BCUT2D eigenvalue weighted by Crippen LogP contribution is 2.16. The Balaban J connectivity index is 1.60. The molecule has 31 heavy (non-hydrogen) atoms.